The Hall–Kier alpha value is -1.95. The number of nitrogens with two attached hydrogens (primary N) is 1. The predicted octanol–water partition coefficient (Wildman–Crippen LogP) is 0.917. The maximum absolute atomic E-state index is 10.6. The largest absolute Gasteiger partial charge is 0.361 e. The van der Waals surface area contributed by atoms with Crippen molar-refractivity contribution in [3.05, 3.63) is 40.6 Å². The quantitative estimate of drug-likeness (QED) is 0.426. The van der Waals surface area contributed by atoms with Gasteiger partial charge in [0, 0.05) is 25.4 Å². The molecule has 0 amide bonds. The monoisotopic (exact) mass is 208 g/mol. The van der Waals surface area contributed by atoms with E-state index in [1.165, 1.54) is 18.3 Å². The first-order valence-corrected chi connectivity index (χ1v) is 4.44. The van der Waals surface area contributed by atoms with Crippen molar-refractivity contribution in [1.82, 2.24) is 4.98 Å². The fourth-order valence-electron chi connectivity index (χ4n) is 1.02. The molecule has 0 aliphatic heterocycles. The maximum Gasteiger partial charge on any atom is 0.311 e. The summed E-state index contributed by atoms with van der Waals surface area (Å²) in [5, 5.41) is 13.4. The Morgan fingerprint density at radius 3 is 3.07 bits per heavy atom. The lowest BCUT2D eigenvalue weighted by molar-refractivity contribution is -0.384. The summed E-state index contributed by atoms with van der Waals surface area (Å²) < 4.78 is 0. The first kappa shape index (κ1) is 11.1. The molecule has 0 aliphatic rings. The molecule has 1 aromatic rings. The minimum absolute atomic E-state index is 0.0290. The third-order valence-corrected chi connectivity index (χ3v) is 1.67. The highest BCUT2D eigenvalue weighted by molar-refractivity contribution is 5.55. The van der Waals surface area contributed by atoms with Crippen LogP contribution in [-0.4, -0.2) is 23.0 Å². The molecule has 6 nitrogen and oxygen atoms in total. The van der Waals surface area contributed by atoms with Gasteiger partial charge in [-0.2, -0.15) is 0 Å². The first-order valence-electron chi connectivity index (χ1n) is 4.44. The second-order valence-electron chi connectivity index (χ2n) is 2.72. The van der Waals surface area contributed by atoms with Gasteiger partial charge >= 0.3 is 5.69 Å². The van der Waals surface area contributed by atoms with Crippen LogP contribution in [0.5, 0.6) is 0 Å². The number of hydrogen-bond donors (Lipinski definition) is 2. The van der Waals surface area contributed by atoms with E-state index in [1.54, 1.807) is 12.2 Å². The summed E-state index contributed by atoms with van der Waals surface area (Å²) in [7, 11) is 0. The minimum Gasteiger partial charge on any atom is -0.361 e. The van der Waals surface area contributed by atoms with Crippen LogP contribution in [0.15, 0.2) is 30.5 Å². The molecule has 0 bridgehead atoms. The van der Waals surface area contributed by atoms with Gasteiger partial charge in [-0.3, -0.25) is 10.1 Å². The normalized spacial score (nSPS) is 10.5. The lowest BCUT2D eigenvalue weighted by atomic mass is 10.4. The molecule has 0 saturated carbocycles. The fourth-order valence-corrected chi connectivity index (χ4v) is 1.02. The average Bonchev–Trinajstić information content (AvgIpc) is 2.25. The van der Waals surface area contributed by atoms with Gasteiger partial charge in [-0.15, -0.1) is 0 Å². The fraction of sp³-hybridized carbons (Fsp3) is 0.222. The topological polar surface area (TPSA) is 94.1 Å². The van der Waals surface area contributed by atoms with Crippen LogP contribution in [0.3, 0.4) is 0 Å². The first-order chi connectivity index (χ1) is 7.25. The van der Waals surface area contributed by atoms with Gasteiger partial charge in [0.25, 0.3) is 0 Å². The van der Waals surface area contributed by atoms with Crippen molar-refractivity contribution in [2.24, 2.45) is 5.73 Å². The summed E-state index contributed by atoms with van der Waals surface area (Å²) in [5.41, 5.74) is 5.22. The highest BCUT2D eigenvalue weighted by atomic mass is 16.6. The van der Waals surface area contributed by atoms with Crippen molar-refractivity contribution >= 4 is 11.5 Å². The number of rotatable bonds is 5. The van der Waals surface area contributed by atoms with Crippen LogP contribution in [0, 0.1) is 10.1 Å². The zero-order valence-electron chi connectivity index (χ0n) is 8.09. The summed E-state index contributed by atoms with van der Waals surface area (Å²) in [5.74, 6) is 0.268. The molecule has 1 aromatic heterocycles. The van der Waals surface area contributed by atoms with Gasteiger partial charge in [-0.1, -0.05) is 12.2 Å². The van der Waals surface area contributed by atoms with Crippen molar-refractivity contribution in [3.8, 4) is 0 Å². The number of anilines is 1. The Balaban J connectivity index is 2.67. The number of nitro groups is 1. The van der Waals surface area contributed by atoms with Crippen LogP contribution in [0.2, 0.25) is 0 Å². The van der Waals surface area contributed by atoms with Crippen LogP contribution < -0.4 is 11.1 Å². The summed E-state index contributed by atoms with van der Waals surface area (Å²) in [6.07, 6.45) is 5.06. The number of nitrogens with zero attached hydrogens (tertiary/aromatic N) is 2. The molecule has 6 heteroatoms. The Kier molecular flexibility index (Phi) is 4.24. The molecule has 0 unspecified atom stereocenters. The molecule has 80 valence electrons. The zero-order chi connectivity index (χ0) is 11.1. The van der Waals surface area contributed by atoms with E-state index in [4.69, 9.17) is 5.73 Å². The van der Waals surface area contributed by atoms with E-state index in [9.17, 15) is 10.1 Å². The molecular formula is C9H12N4O2. The van der Waals surface area contributed by atoms with Crippen molar-refractivity contribution < 1.29 is 4.92 Å². The maximum atomic E-state index is 10.6. The highest BCUT2D eigenvalue weighted by Crippen LogP contribution is 2.19. The highest BCUT2D eigenvalue weighted by Gasteiger charge is 2.12. The molecule has 1 rings (SSSR count). The van der Waals surface area contributed by atoms with Gasteiger partial charge in [0.1, 0.15) is 0 Å². The second kappa shape index (κ2) is 5.71. The van der Waals surface area contributed by atoms with E-state index in [1.807, 2.05) is 0 Å². The number of aromatic nitrogens is 1. The van der Waals surface area contributed by atoms with Crippen LogP contribution >= 0.6 is 0 Å². The van der Waals surface area contributed by atoms with Crippen LogP contribution in [0.4, 0.5) is 11.5 Å². The molecule has 0 spiro atoms. The smallest absolute Gasteiger partial charge is 0.311 e. The summed E-state index contributed by atoms with van der Waals surface area (Å²) >= 11 is 0. The molecular weight excluding hydrogens is 196 g/mol. The third kappa shape index (κ3) is 3.35. The number of pyridine rings is 1. The molecule has 1 heterocycles. The van der Waals surface area contributed by atoms with Gasteiger partial charge in [0.2, 0.25) is 5.82 Å². The van der Waals surface area contributed by atoms with Gasteiger partial charge in [-0.05, 0) is 6.07 Å². The molecule has 0 fully saturated rings. The molecule has 3 N–H and O–H groups in total. The Bertz CT molecular complexity index is 365. The van der Waals surface area contributed by atoms with E-state index >= 15 is 0 Å². The summed E-state index contributed by atoms with van der Waals surface area (Å²) in [6.45, 7) is 0.918. The Morgan fingerprint density at radius 2 is 2.40 bits per heavy atom. The van der Waals surface area contributed by atoms with E-state index in [2.05, 4.69) is 10.3 Å². The van der Waals surface area contributed by atoms with Crippen molar-refractivity contribution in [1.29, 1.82) is 0 Å². The molecule has 0 radical (unpaired) electrons. The van der Waals surface area contributed by atoms with Crippen molar-refractivity contribution in [2.45, 2.75) is 0 Å². The van der Waals surface area contributed by atoms with Gasteiger partial charge in [0.15, 0.2) is 0 Å². The number of nitrogens with one attached hydrogen (secondary N) is 1. The van der Waals surface area contributed by atoms with Crippen molar-refractivity contribution in [3.63, 3.8) is 0 Å². The third-order valence-electron chi connectivity index (χ3n) is 1.67. The standard InChI is InChI=1S/C9H12N4O2/c10-5-1-2-6-11-9-8(13(14)15)4-3-7-12-9/h1-4,7H,5-6,10H2,(H,11,12). The Labute approximate surface area is 87.0 Å². The molecule has 0 aromatic carbocycles. The summed E-state index contributed by atoms with van der Waals surface area (Å²) in [6, 6.07) is 2.93. The van der Waals surface area contributed by atoms with Gasteiger partial charge < -0.3 is 11.1 Å². The lowest BCUT2D eigenvalue weighted by Crippen LogP contribution is -2.04. The van der Waals surface area contributed by atoms with Crippen LogP contribution in [0.1, 0.15) is 0 Å². The van der Waals surface area contributed by atoms with Crippen LogP contribution in [0.25, 0.3) is 0 Å². The van der Waals surface area contributed by atoms with E-state index in [-0.39, 0.29) is 11.5 Å². The van der Waals surface area contributed by atoms with E-state index < -0.39 is 4.92 Å². The van der Waals surface area contributed by atoms with E-state index in [0.717, 1.165) is 0 Å². The molecule has 0 saturated heterocycles. The molecule has 15 heavy (non-hydrogen) atoms. The van der Waals surface area contributed by atoms with Crippen LogP contribution in [-0.2, 0) is 0 Å². The van der Waals surface area contributed by atoms with Crippen molar-refractivity contribution in [2.75, 3.05) is 18.4 Å². The van der Waals surface area contributed by atoms with E-state index in [0.29, 0.717) is 13.1 Å². The SMILES string of the molecule is NCC=CCNc1ncccc1[N+](=O)[O-]. The zero-order valence-corrected chi connectivity index (χ0v) is 8.09. The number of hydrogen-bond acceptors (Lipinski definition) is 5. The summed E-state index contributed by atoms with van der Waals surface area (Å²) in [4.78, 5) is 14.0. The van der Waals surface area contributed by atoms with Gasteiger partial charge in [0.05, 0.1) is 4.92 Å². The minimum atomic E-state index is -0.470. The Morgan fingerprint density at radius 1 is 1.60 bits per heavy atom. The predicted molar refractivity (Wildman–Crippen MR) is 57.6 cm³/mol. The molecule has 0 atom stereocenters. The van der Waals surface area contributed by atoms with Gasteiger partial charge in [-0.25, -0.2) is 4.98 Å². The average molecular weight is 208 g/mol. The second-order valence-corrected chi connectivity index (χ2v) is 2.72. The lowest BCUT2D eigenvalue weighted by Gasteiger charge is -2.02. The molecule has 0 aliphatic carbocycles.